The van der Waals surface area contributed by atoms with Crippen LogP contribution in [0.2, 0.25) is 0 Å². The number of amides is 4. The molecule has 0 aromatic heterocycles. The molecule has 3 rings (SSSR count). The molecule has 4 amide bonds. The molecule has 2 aromatic rings. The summed E-state index contributed by atoms with van der Waals surface area (Å²) in [5, 5.41) is 5.71. The summed E-state index contributed by atoms with van der Waals surface area (Å²) in [5.74, 6) is -2.09. The molecule has 1 fully saturated rings. The largest absolute Gasteiger partial charge is 0.352 e. The Morgan fingerprint density at radius 3 is 1.94 bits per heavy atom. The zero-order chi connectivity index (χ0) is 35.8. The highest BCUT2D eigenvalue weighted by atomic mass is 16.2. The standard InChI is InChI=1S/C38H56N6O5/c1-26(2)21-33(35(46)24-29(15-9-10-18-39)37(48)44-19-16-31(17-20-44)42-38(41)49)43-36(47)30(22-27-11-5-3-6-12-27)25-34(45)32(40)23-28-13-7-4-8-14-28/h3-8,11-14,26,29-33H,9-10,15-25,39-40H2,1-2H3,(H,43,47)(H3,41,42,49)/t29-,30-,32+,33+/m0/s1. The number of hydrogen-bond acceptors (Lipinski definition) is 7. The molecule has 0 radical (unpaired) electrons. The molecule has 0 saturated carbocycles. The van der Waals surface area contributed by atoms with E-state index in [4.69, 9.17) is 17.2 Å². The topological polar surface area (TPSA) is 191 Å². The second kappa shape index (κ2) is 20.4. The highest BCUT2D eigenvalue weighted by Gasteiger charge is 2.34. The molecule has 4 atom stereocenters. The number of likely N-dealkylation sites (tertiary alicyclic amines) is 1. The van der Waals surface area contributed by atoms with Crippen molar-refractivity contribution in [2.45, 2.75) is 96.2 Å². The minimum atomic E-state index is -0.811. The first-order chi connectivity index (χ1) is 23.5. The molecule has 1 heterocycles. The van der Waals surface area contributed by atoms with E-state index >= 15 is 0 Å². The number of carbonyl (C=O) groups excluding carboxylic acids is 5. The van der Waals surface area contributed by atoms with Crippen LogP contribution in [0.5, 0.6) is 0 Å². The maximum atomic E-state index is 14.0. The second-order valence-corrected chi connectivity index (χ2v) is 13.8. The number of rotatable bonds is 20. The predicted octanol–water partition coefficient (Wildman–Crippen LogP) is 3.27. The summed E-state index contributed by atoms with van der Waals surface area (Å²) < 4.78 is 0. The van der Waals surface area contributed by atoms with Crippen LogP contribution in [0.3, 0.4) is 0 Å². The van der Waals surface area contributed by atoms with E-state index in [1.165, 1.54) is 0 Å². The number of ketones is 2. The Kier molecular flexibility index (Phi) is 16.4. The van der Waals surface area contributed by atoms with Gasteiger partial charge in [0.05, 0.1) is 12.1 Å². The molecule has 1 saturated heterocycles. The summed E-state index contributed by atoms with van der Waals surface area (Å²) >= 11 is 0. The molecule has 1 aliphatic heterocycles. The number of nitrogens with one attached hydrogen (secondary N) is 2. The number of primary amides is 1. The fourth-order valence-corrected chi connectivity index (χ4v) is 6.50. The SMILES string of the molecule is CC(C)C[C@@H](NC(=O)[C@H](CC(=O)[C@H](N)Cc1ccccc1)Cc1ccccc1)C(=O)C[C@H](CCCCN)C(=O)N1CCC(NC(N)=O)CC1. The number of Topliss-reactive ketones (excluding diaryl/α,β-unsaturated/α-hetero) is 2. The minimum Gasteiger partial charge on any atom is -0.352 e. The molecule has 2 aromatic carbocycles. The van der Waals surface area contributed by atoms with E-state index in [2.05, 4.69) is 10.6 Å². The van der Waals surface area contributed by atoms with Crippen LogP contribution < -0.4 is 27.8 Å². The van der Waals surface area contributed by atoms with Gasteiger partial charge in [-0.3, -0.25) is 19.2 Å². The fraction of sp³-hybridized carbons (Fsp3) is 0.553. The lowest BCUT2D eigenvalue weighted by atomic mass is 9.87. The average molecular weight is 677 g/mol. The predicted molar refractivity (Wildman–Crippen MR) is 191 cm³/mol. The van der Waals surface area contributed by atoms with Crippen molar-refractivity contribution in [2.75, 3.05) is 19.6 Å². The summed E-state index contributed by atoms with van der Waals surface area (Å²) in [6.07, 6.45) is 4.13. The van der Waals surface area contributed by atoms with Crippen LogP contribution in [0.4, 0.5) is 4.79 Å². The van der Waals surface area contributed by atoms with Crippen LogP contribution in [-0.4, -0.2) is 72.1 Å². The van der Waals surface area contributed by atoms with Crippen molar-refractivity contribution in [1.29, 1.82) is 0 Å². The zero-order valence-electron chi connectivity index (χ0n) is 29.2. The highest BCUT2D eigenvalue weighted by Crippen LogP contribution is 2.23. The van der Waals surface area contributed by atoms with Gasteiger partial charge in [-0.2, -0.15) is 0 Å². The van der Waals surface area contributed by atoms with Crippen LogP contribution in [0.1, 0.15) is 76.3 Å². The Bertz CT molecular complexity index is 1350. The Morgan fingerprint density at radius 1 is 0.816 bits per heavy atom. The van der Waals surface area contributed by atoms with E-state index in [1.807, 2.05) is 74.5 Å². The molecule has 0 bridgehead atoms. The minimum absolute atomic E-state index is 0.00916. The van der Waals surface area contributed by atoms with Gasteiger partial charge in [0.15, 0.2) is 11.6 Å². The van der Waals surface area contributed by atoms with Crippen molar-refractivity contribution in [3.05, 3.63) is 71.8 Å². The third-order valence-corrected chi connectivity index (χ3v) is 9.22. The Balaban J connectivity index is 1.75. The van der Waals surface area contributed by atoms with Gasteiger partial charge < -0.3 is 32.7 Å². The van der Waals surface area contributed by atoms with Crippen molar-refractivity contribution >= 4 is 29.4 Å². The van der Waals surface area contributed by atoms with Crippen molar-refractivity contribution < 1.29 is 24.0 Å². The molecule has 0 aliphatic carbocycles. The summed E-state index contributed by atoms with van der Waals surface area (Å²) in [6.45, 7) is 5.36. The first-order valence-electron chi connectivity index (χ1n) is 17.7. The summed E-state index contributed by atoms with van der Waals surface area (Å²) in [5.41, 5.74) is 19.2. The molecular weight excluding hydrogens is 620 g/mol. The molecule has 49 heavy (non-hydrogen) atoms. The molecule has 0 spiro atoms. The van der Waals surface area contributed by atoms with E-state index in [9.17, 15) is 24.0 Å². The normalized spacial score (nSPS) is 16.0. The van der Waals surface area contributed by atoms with Gasteiger partial charge in [-0.1, -0.05) is 80.9 Å². The first kappa shape index (κ1) is 39.3. The maximum Gasteiger partial charge on any atom is 0.312 e. The van der Waals surface area contributed by atoms with Crippen molar-refractivity contribution in [3.8, 4) is 0 Å². The number of urea groups is 1. The summed E-state index contributed by atoms with van der Waals surface area (Å²) in [4.78, 5) is 68.1. The Labute approximate surface area is 291 Å². The number of hydrogen-bond donors (Lipinski definition) is 5. The monoisotopic (exact) mass is 676 g/mol. The molecule has 268 valence electrons. The Morgan fingerprint density at radius 2 is 1.39 bits per heavy atom. The van der Waals surface area contributed by atoms with Crippen molar-refractivity contribution in [3.63, 3.8) is 0 Å². The van der Waals surface area contributed by atoms with Crippen LogP contribution in [0.15, 0.2) is 60.7 Å². The average Bonchev–Trinajstić information content (AvgIpc) is 3.07. The molecule has 8 N–H and O–H groups in total. The van der Waals surface area contributed by atoms with Gasteiger partial charge in [0.1, 0.15) is 0 Å². The van der Waals surface area contributed by atoms with E-state index in [1.54, 1.807) is 4.90 Å². The molecule has 11 nitrogen and oxygen atoms in total. The summed E-state index contributed by atoms with van der Waals surface area (Å²) in [7, 11) is 0. The van der Waals surface area contributed by atoms with Crippen LogP contribution in [0.25, 0.3) is 0 Å². The van der Waals surface area contributed by atoms with Gasteiger partial charge in [0.25, 0.3) is 0 Å². The van der Waals surface area contributed by atoms with Crippen LogP contribution in [-0.2, 0) is 32.0 Å². The molecule has 0 unspecified atom stereocenters. The number of nitrogens with two attached hydrogens (primary N) is 3. The lowest BCUT2D eigenvalue weighted by molar-refractivity contribution is -0.140. The quantitative estimate of drug-likeness (QED) is 0.133. The number of nitrogens with zero attached hydrogens (tertiary/aromatic N) is 1. The highest BCUT2D eigenvalue weighted by molar-refractivity contribution is 5.94. The van der Waals surface area contributed by atoms with Crippen molar-refractivity contribution in [1.82, 2.24) is 15.5 Å². The maximum absolute atomic E-state index is 14.0. The van der Waals surface area contributed by atoms with Gasteiger partial charge in [-0.25, -0.2) is 4.79 Å². The number of carbonyl (C=O) groups is 5. The molecule has 11 heteroatoms. The Hall–Kier alpha value is -4.09. The van der Waals surface area contributed by atoms with Gasteiger partial charge in [-0.15, -0.1) is 0 Å². The van der Waals surface area contributed by atoms with Crippen LogP contribution in [0, 0.1) is 17.8 Å². The lowest BCUT2D eigenvalue weighted by Gasteiger charge is -2.34. The van der Waals surface area contributed by atoms with Crippen molar-refractivity contribution in [2.24, 2.45) is 35.0 Å². The zero-order valence-corrected chi connectivity index (χ0v) is 29.2. The number of benzene rings is 2. The summed E-state index contributed by atoms with van der Waals surface area (Å²) in [6, 6.07) is 16.8. The lowest BCUT2D eigenvalue weighted by Crippen LogP contribution is -2.50. The first-order valence-corrected chi connectivity index (χ1v) is 17.7. The van der Waals surface area contributed by atoms with E-state index in [0.29, 0.717) is 64.6 Å². The molecule has 1 aliphatic rings. The van der Waals surface area contributed by atoms with E-state index in [-0.39, 0.29) is 48.2 Å². The fourth-order valence-electron chi connectivity index (χ4n) is 6.50. The third-order valence-electron chi connectivity index (χ3n) is 9.22. The van der Waals surface area contributed by atoms with Gasteiger partial charge in [0, 0.05) is 43.8 Å². The van der Waals surface area contributed by atoms with E-state index in [0.717, 1.165) is 17.5 Å². The smallest absolute Gasteiger partial charge is 0.312 e. The second-order valence-electron chi connectivity index (χ2n) is 13.8. The van der Waals surface area contributed by atoms with Gasteiger partial charge >= 0.3 is 6.03 Å². The van der Waals surface area contributed by atoms with E-state index < -0.39 is 30.0 Å². The number of piperidine rings is 1. The van der Waals surface area contributed by atoms with Crippen LogP contribution >= 0.6 is 0 Å². The molecular formula is C38H56N6O5. The third kappa shape index (κ3) is 13.7. The van der Waals surface area contributed by atoms with Gasteiger partial charge in [-0.05, 0) is 68.5 Å². The number of unbranched alkanes of at least 4 members (excludes halogenated alkanes) is 1. The van der Waals surface area contributed by atoms with Gasteiger partial charge in [0.2, 0.25) is 11.8 Å².